The van der Waals surface area contributed by atoms with Crippen LogP contribution >= 0.6 is 27.7 Å². The summed E-state index contributed by atoms with van der Waals surface area (Å²) in [7, 11) is 0. The molecule has 4 rings (SSSR count). The third-order valence-electron chi connectivity index (χ3n) is 8.13. The van der Waals surface area contributed by atoms with Gasteiger partial charge in [-0.2, -0.15) is 0 Å². The number of hydrogen-bond donors (Lipinski definition) is 1. The molecule has 6 atom stereocenters. The summed E-state index contributed by atoms with van der Waals surface area (Å²) in [5, 5.41) is 9.69. The molecule has 0 saturated carbocycles. The lowest BCUT2D eigenvalue weighted by molar-refractivity contribution is -0.154. The fourth-order valence-electron chi connectivity index (χ4n) is 6.39. The molecule has 11 heteroatoms. The number of halogens is 1. The van der Waals surface area contributed by atoms with Crippen LogP contribution in [0.25, 0.3) is 0 Å². The molecule has 4 aliphatic rings. The van der Waals surface area contributed by atoms with Crippen molar-refractivity contribution in [3.63, 3.8) is 0 Å². The normalized spacial score (nSPS) is 32.3. The van der Waals surface area contributed by atoms with Crippen molar-refractivity contribution in [2.45, 2.75) is 46.5 Å². The molecule has 3 unspecified atom stereocenters. The van der Waals surface area contributed by atoms with Gasteiger partial charge in [0.1, 0.15) is 6.04 Å². The predicted molar refractivity (Wildman–Crippen MR) is 150 cm³/mol. The van der Waals surface area contributed by atoms with E-state index in [0.717, 1.165) is 32.4 Å². The molecular formula is C27H40BrN3O6S. The van der Waals surface area contributed by atoms with Crippen molar-refractivity contribution in [2.24, 2.45) is 11.8 Å². The second-order valence-corrected chi connectivity index (χ2v) is 13.1. The average Bonchev–Trinajstić information content (AvgIpc) is 3.50. The molecule has 1 spiro atoms. The van der Waals surface area contributed by atoms with Crippen molar-refractivity contribution in [3.05, 3.63) is 25.3 Å². The molecule has 2 bridgehead atoms. The Kier molecular flexibility index (Phi) is 10.4. The molecule has 4 fully saturated rings. The van der Waals surface area contributed by atoms with Crippen molar-refractivity contribution in [1.82, 2.24) is 14.7 Å². The number of β-amino-alcohol motifs (C(OH)–C–C–N with tert-alkyl or cyclic N) is 1. The zero-order chi connectivity index (χ0) is 27.3. The molecule has 0 aromatic carbocycles. The molecule has 0 aromatic heterocycles. The standard InChI is InChI=1S/C27H40BrN3O6S/c1-3-5-6-7-15-37-26(35)20-21-24(33)31(11-14-32)23(27(21)18-19(28)22(20)38-27)25(34)30(8-4-2)10-9-29-12-16-36-17-13-29/h3-4,19-23,32H,1-2,5-18H2/t19?,20-,21+,22-,23?,27?/m1/s1. The van der Waals surface area contributed by atoms with Gasteiger partial charge in [0.2, 0.25) is 11.8 Å². The molecule has 212 valence electrons. The summed E-state index contributed by atoms with van der Waals surface area (Å²) in [6, 6.07) is -0.753. The first-order chi connectivity index (χ1) is 18.4. The monoisotopic (exact) mass is 613 g/mol. The van der Waals surface area contributed by atoms with Crippen molar-refractivity contribution in [3.8, 4) is 0 Å². The Morgan fingerprint density at radius 1 is 1.24 bits per heavy atom. The highest BCUT2D eigenvalue weighted by atomic mass is 79.9. The van der Waals surface area contributed by atoms with Crippen LogP contribution in [0, 0.1) is 11.8 Å². The van der Waals surface area contributed by atoms with Gasteiger partial charge in [0.25, 0.3) is 0 Å². The first-order valence-electron chi connectivity index (χ1n) is 13.6. The second-order valence-electron chi connectivity index (χ2n) is 10.4. The van der Waals surface area contributed by atoms with Crippen LogP contribution in [0.4, 0.5) is 0 Å². The highest BCUT2D eigenvalue weighted by Gasteiger charge is 2.76. The number of esters is 1. The Morgan fingerprint density at radius 3 is 2.68 bits per heavy atom. The van der Waals surface area contributed by atoms with Gasteiger partial charge in [0, 0.05) is 49.3 Å². The first-order valence-corrected chi connectivity index (χ1v) is 15.4. The van der Waals surface area contributed by atoms with Crippen LogP contribution in [-0.2, 0) is 23.9 Å². The van der Waals surface area contributed by atoms with Crippen LogP contribution in [0.2, 0.25) is 0 Å². The van der Waals surface area contributed by atoms with Gasteiger partial charge in [-0.05, 0) is 25.7 Å². The Morgan fingerprint density at radius 2 is 2.00 bits per heavy atom. The molecule has 1 N–H and O–H groups in total. The number of ether oxygens (including phenoxy) is 2. The van der Waals surface area contributed by atoms with Crippen molar-refractivity contribution < 1.29 is 29.0 Å². The van der Waals surface area contributed by atoms with Gasteiger partial charge in [-0.25, -0.2) is 0 Å². The molecule has 2 amide bonds. The van der Waals surface area contributed by atoms with E-state index in [9.17, 15) is 19.5 Å². The van der Waals surface area contributed by atoms with Gasteiger partial charge in [0.05, 0.1) is 43.0 Å². The number of alkyl halides is 1. The maximum absolute atomic E-state index is 14.2. The minimum absolute atomic E-state index is 0.0135. The van der Waals surface area contributed by atoms with E-state index >= 15 is 0 Å². The van der Waals surface area contributed by atoms with Crippen LogP contribution in [0.15, 0.2) is 25.3 Å². The lowest BCUT2D eigenvalue weighted by Crippen LogP contribution is -2.56. The van der Waals surface area contributed by atoms with Gasteiger partial charge in [0.15, 0.2) is 0 Å². The van der Waals surface area contributed by atoms with Crippen LogP contribution in [0.1, 0.15) is 25.7 Å². The number of unbranched alkanes of at least 4 members (excludes halogenated alkanes) is 2. The number of fused-ring (bicyclic) bond motifs is 1. The number of nitrogens with zero attached hydrogens (tertiary/aromatic N) is 3. The zero-order valence-electron chi connectivity index (χ0n) is 22.0. The summed E-state index contributed by atoms with van der Waals surface area (Å²) in [5.74, 6) is -2.00. The number of likely N-dealkylation sites (tertiary alicyclic amines) is 1. The fourth-order valence-corrected chi connectivity index (χ4v) is 9.99. The van der Waals surface area contributed by atoms with Gasteiger partial charge in [-0.3, -0.25) is 19.3 Å². The Hall–Kier alpha value is -1.40. The predicted octanol–water partition coefficient (Wildman–Crippen LogP) is 1.69. The van der Waals surface area contributed by atoms with Crippen LogP contribution in [-0.4, -0.2) is 124 Å². The number of rotatable bonds is 14. The third-order valence-corrected chi connectivity index (χ3v) is 11.4. The second kappa shape index (κ2) is 13.3. The molecule has 4 heterocycles. The minimum atomic E-state index is -0.753. The van der Waals surface area contributed by atoms with Crippen molar-refractivity contribution in [1.29, 1.82) is 0 Å². The largest absolute Gasteiger partial charge is 0.465 e. The van der Waals surface area contributed by atoms with Gasteiger partial charge in [-0.15, -0.1) is 24.9 Å². The summed E-state index contributed by atoms with van der Waals surface area (Å²) in [4.78, 5) is 47.0. The van der Waals surface area contributed by atoms with Gasteiger partial charge < -0.3 is 24.4 Å². The molecule has 4 aliphatic heterocycles. The molecule has 0 radical (unpaired) electrons. The van der Waals surface area contributed by atoms with Gasteiger partial charge in [-0.1, -0.05) is 28.1 Å². The topological polar surface area (TPSA) is 99.6 Å². The van der Waals surface area contributed by atoms with E-state index < -0.39 is 22.6 Å². The van der Waals surface area contributed by atoms with Crippen LogP contribution in [0.5, 0.6) is 0 Å². The van der Waals surface area contributed by atoms with Gasteiger partial charge >= 0.3 is 5.97 Å². The highest BCUT2D eigenvalue weighted by Crippen LogP contribution is 2.68. The number of thioether (sulfide) groups is 1. The smallest absolute Gasteiger partial charge is 0.310 e. The molecular weight excluding hydrogens is 574 g/mol. The minimum Gasteiger partial charge on any atom is -0.465 e. The van der Waals surface area contributed by atoms with E-state index in [4.69, 9.17) is 9.47 Å². The molecule has 38 heavy (non-hydrogen) atoms. The summed E-state index contributed by atoms with van der Waals surface area (Å²) in [6.45, 7) is 12.3. The number of carbonyl (C=O) groups excluding carboxylic acids is 3. The number of amides is 2. The summed E-state index contributed by atoms with van der Waals surface area (Å²) in [6.07, 6.45) is 6.64. The molecule has 9 nitrogen and oxygen atoms in total. The van der Waals surface area contributed by atoms with E-state index in [1.165, 1.54) is 4.90 Å². The summed E-state index contributed by atoms with van der Waals surface area (Å²) >= 11 is 5.35. The van der Waals surface area contributed by atoms with E-state index in [1.807, 2.05) is 6.08 Å². The highest BCUT2D eigenvalue weighted by molar-refractivity contribution is 9.09. The number of morpholine rings is 1. The zero-order valence-corrected chi connectivity index (χ0v) is 24.4. The molecule has 0 aromatic rings. The van der Waals surface area contributed by atoms with E-state index in [0.29, 0.717) is 45.9 Å². The number of aliphatic hydroxyl groups excluding tert-OH is 1. The third kappa shape index (κ3) is 5.73. The number of carbonyl (C=O) groups is 3. The Balaban J connectivity index is 1.55. The first kappa shape index (κ1) is 29.6. The molecule has 4 saturated heterocycles. The Labute approximate surface area is 238 Å². The maximum atomic E-state index is 14.2. The maximum Gasteiger partial charge on any atom is 0.310 e. The summed E-state index contributed by atoms with van der Waals surface area (Å²) in [5.41, 5.74) is 0. The quantitative estimate of drug-likeness (QED) is 0.137. The van der Waals surface area contributed by atoms with Crippen LogP contribution < -0.4 is 0 Å². The van der Waals surface area contributed by atoms with E-state index in [1.54, 1.807) is 22.7 Å². The SMILES string of the molecule is C=CCCCCOC(=O)[C@H]1[C@@H]2SC3(CC2Br)C(C(=O)N(CC=C)CCN2CCOCC2)N(CCO)C(=O)[C@H]13. The molecule has 0 aliphatic carbocycles. The summed E-state index contributed by atoms with van der Waals surface area (Å²) < 4.78 is 10.4. The lowest BCUT2D eigenvalue weighted by atomic mass is 9.71. The lowest BCUT2D eigenvalue weighted by Gasteiger charge is -2.38. The Bertz CT molecular complexity index is 902. The van der Waals surface area contributed by atoms with Crippen LogP contribution in [0.3, 0.4) is 0 Å². The van der Waals surface area contributed by atoms with E-state index in [2.05, 4.69) is 34.0 Å². The fraction of sp³-hybridized carbons (Fsp3) is 0.741. The average molecular weight is 615 g/mol. The van der Waals surface area contributed by atoms with Crippen molar-refractivity contribution in [2.75, 3.05) is 65.7 Å². The van der Waals surface area contributed by atoms with Crippen molar-refractivity contribution >= 4 is 45.5 Å². The van der Waals surface area contributed by atoms with E-state index in [-0.39, 0.29) is 41.0 Å². The number of allylic oxidation sites excluding steroid dienone is 1. The number of aliphatic hydroxyl groups is 1. The number of hydrogen-bond acceptors (Lipinski definition) is 8.